The van der Waals surface area contributed by atoms with Crippen LogP contribution in [0.2, 0.25) is 0 Å². The summed E-state index contributed by atoms with van der Waals surface area (Å²) in [4.78, 5) is 30.6. The molecule has 1 aliphatic heterocycles. The highest BCUT2D eigenvalue weighted by Gasteiger charge is 2.26. The zero-order chi connectivity index (χ0) is 19.4. The van der Waals surface area contributed by atoms with Crippen LogP contribution < -0.4 is 15.0 Å². The third-order valence-electron chi connectivity index (χ3n) is 4.90. The molecule has 1 amide bonds. The van der Waals surface area contributed by atoms with E-state index in [2.05, 4.69) is 4.98 Å². The van der Waals surface area contributed by atoms with Crippen LogP contribution in [0.15, 0.2) is 35.4 Å². The molecule has 0 bridgehead atoms. The molecule has 1 aliphatic rings. The van der Waals surface area contributed by atoms with Gasteiger partial charge in [0.05, 0.1) is 19.3 Å². The average molecular weight is 371 g/mol. The minimum atomic E-state index is -0.203. The van der Waals surface area contributed by atoms with Crippen molar-refractivity contribution in [1.29, 1.82) is 0 Å². The molecule has 144 valence electrons. The van der Waals surface area contributed by atoms with Crippen molar-refractivity contribution in [2.75, 3.05) is 26.8 Å². The van der Waals surface area contributed by atoms with Gasteiger partial charge in [-0.25, -0.2) is 0 Å². The number of aryl methyl sites for hydroxylation is 2. The van der Waals surface area contributed by atoms with Crippen LogP contribution in [-0.2, 0) is 7.05 Å². The number of aromatic nitrogens is 2. The van der Waals surface area contributed by atoms with Crippen LogP contribution in [0.4, 0.5) is 0 Å². The number of likely N-dealkylation sites (tertiary alicyclic amines) is 1. The Hall–Kier alpha value is -2.83. The molecular formula is C20H25N3O4. The first kappa shape index (κ1) is 18.9. The SMILES string of the molecule is COc1cc(=O)n(C)cc1C(=O)N1CCC(COc2ccnc(C)c2)CC1. The monoisotopic (exact) mass is 371 g/mol. The molecule has 2 aromatic heterocycles. The second kappa shape index (κ2) is 8.24. The number of methoxy groups -OCH3 is 1. The molecule has 2 aromatic rings. The lowest BCUT2D eigenvalue weighted by Crippen LogP contribution is -2.40. The molecule has 0 N–H and O–H groups in total. The Kier molecular flexibility index (Phi) is 5.78. The summed E-state index contributed by atoms with van der Waals surface area (Å²) < 4.78 is 12.5. The topological polar surface area (TPSA) is 73.7 Å². The van der Waals surface area contributed by atoms with E-state index in [1.807, 2.05) is 24.0 Å². The van der Waals surface area contributed by atoms with Gasteiger partial charge in [0.15, 0.2) is 0 Å². The van der Waals surface area contributed by atoms with Gasteiger partial charge >= 0.3 is 0 Å². The number of hydrogen-bond acceptors (Lipinski definition) is 5. The van der Waals surface area contributed by atoms with Gasteiger partial charge in [-0.05, 0) is 31.7 Å². The van der Waals surface area contributed by atoms with Crippen molar-refractivity contribution in [3.05, 3.63) is 52.2 Å². The van der Waals surface area contributed by atoms with E-state index in [0.29, 0.717) is 36.9 Å². The maximum absolute atomic E-state index is 12.9. The third kappa shape index (κ3) is 4.48. The maximum Gasteiger partial charge on any atom is 0.259 e. The largest absolute Gasteiger partial charge is 0.496 e. The molecule has 0 spiro atoms. The van der Waals surface area contributed by atoms with Gasteiger partial charge in [-0.3, -0.25) is 14.6 Å². The smallest absolute Gasteiger partial charge is 0.259 e. The zero-order valence-electron chi connectivity index (χ0n) is 16.0. The highest BCUT2D eigenvalue weighted by atomic mass is 16.5. The van der Waals surface area contributed by atoms with Crippen LogP contribution >= 0.6 is 0 Å². The van der Waals surface area contributed by atoms with Crippen LogP contribution in [0.3, 0.4) is 0 Å². The van der Waals surface area contributed by atoms with Gasteiger partial charge in [0, 0.05) is 50.4 Å². The molecule has 0 atom stereocenters. The summed E-state index contributed by atoms with van der Waals surface area (Å²) in [6.45, 7) is 3.89. The highest BCUT2D eigenvalue weighted by molar-refractivity contribution is 5.96. The maximum atomic E-state index is 12.9. The molecule has 27 heavy (non-hydrogen) atoms. The van der Waals surface area contributed by atoms with Crippen LogP contribution in [0, 0.1) is 12.8 Å². The van der Waals surface area contributed by atoms with Crippen molar-refractivity contribution in [1.82, 2.24) is 14.5 Å². The van der Waals surface area contributed by atoms with Gasteiger partial charge < -0.3 is 18.9 Å². The van der Waals surface area contributed by atoms with Crippen molar-refractivity contribution in [2.24, 2.45) is 13.0 Å². The van der Waals surface area contributed by atoms with E-state index in [1.54, 1.807) is 19.4 Å². The Bertz CT molecular complexity index is 870. The quantitative estimate of drug-likeness (QED) is 0.804. The minimum absolute atomic E-state index is 0.105. The molecule has 0 aromatic carbocycles. The van der Waals surface area contributed by atoms with Crippen molar-refractivity contribution in [3.63, 3.8) is 0 Å². The summed E-state index contributed by atoms with van der Waals surface area (Å²) in [6, 6.07) is 5.13. The molecular weight excluding hydrogens is 346 g/mol. The molecule has 1 fully saturated rings. The summed E-state index contributed by atoms with van der Waals surface area (Å²) in [7, 11) is 3.10. The third-order valence-corrected chi connectivity index (χ3v) is 4.90. The average Bonchev–Trinajstić information content (AvgIpc) is 2.68. The summed E-state index contributed by atoms with van der Waals surface area (Å²) in [6.07, 6.45) is 5.05. The summed E-state index contributed by atoms with van der Waals surface area (Å²) in [5.41, 5.74) is 1.14. The number of carbonyl (C=O) groups is 1. The first-order valence-corrected chi connectivity index (χ1v) is 9.07. The van der Waals surface area contributed by atoms with E-state index < -0.39 is 0 Å². The van der Waals surface area contributed by atoms with Crippen LogP contribution in [-0.4, -0.2) is 47.2 Å². The number of nitrogens with zero attached hydrogens (tertiary/aromatic N) is 3. The summed E-state index contributed by atoms with van der Waals surface area (Å²) in [5.74, 6) is 1.45. The fourth-order valence-electron chi connectivity index (χ4n) is 3.24. The van der Waals surface area contributed by atoms with E-state index in [-0.39, 0.29) is 11.5 Å². The number of carbonyl (C=O) groups excluding carboxylic acids is 1. The van der Waals surface area contributed by atoms with Gasteiger partial charge in [0.2, 0.25) is 0 Å². The van der Waals surface area contributed by atoms with E-state index in [0.717, 1.165) is 24.3 Å². The fraction of sp³-hybridized carbons (Fsp3) is 0.450. The number of hydrogen-bond donors (Lipinski definition) is 0. The molecule has 0 radical (unpaired) electrons. The van der Waals surface area contributed by atoms with Crippen molar-refractivity contribution in [2.45, 2.75) is 19.8 Å². The number of pyridine rings is 2. The predicted octanol–water partition coefficient (Wildman–Crippen LogP) is 2.03. The molecule has 0 unspecified atom stereocenters. The number of amides is 1. The molecule has 1 saturated heterocycles. The van der Waals surface area contributed by atoms with Crippen molar-refractivity contribution < 1.29 is 14.3 Å². The lowest BCUT2D eigenvalue weighted by atomic mass is 9.97. The van der Waals surface area contributed by atoms with E-state index in [4.69, 9.17) is 9.47 Å². The Morgan fingerprint density at radius 2 is 2.04 bits per heavy atom. The van der Waals surface area contributed by atoms with Gasteiger partial charge in [-0.15, -0.1) is 0 Å². The van der Waals surface area contributed by atoms with Gasteiger partial charge in [0.1, 0.15) is 11.5 Å². The first-order valence-electron chi connectivity index (χ1n) is 9.07. The lowest BCUT2D eigenvalue weighted by Gasteiger charge is -2.32. The molecule has 3 heterocycles. The second-order valence-corrected chi connectivity index (χ2v) is 6.88. The number of rotatable bonds is 5. The van der Waals surface area contributed by atoms with Crippen LogP contribution in [0.25, 0.3) is 0 Å². The molecule has 3 rings (SSSR count). The molecule has 0 saturated carbocycles. The van der Waals surface area contributed by atoms with E-state index in [9.17, 15) is 9.59 Å². The lowest BCUT2D eigenvalue weighted by molar-refractivity contribution is 0.0656. The Balaban J connectivity index is 1.58. The molecule has 7 nitrogen and oxygen atoms in total. The van der Waals surface area contributed by atoms with Crippen LogP contribution in [0.1, 0.15) is 28.9 Å². The normalized spacial score (nSPS) is 14.9. The molecule has 0 aliphatic carbocycles. The van der Waals surface area contributed by atoms with Gasteiger partial charge in [-0.1, -0.05) is 0 Å². The van der Waals surface area contributed by atoms with E-state index >= 15 is 0 Å². The zero-order valence-corrected chi connectivity index (χ0v) is 16.0. The first-order chi connectivity index (χ1) is 13.0. The summed E-state index contributed by atoms with van der Waals surface area (Å²) in [5, 5.41) is 0. The van der Waals surface area contributed by atoms with E-state index in [1.165, 1.54) is 17.7 Å². The Morgan fingerprint density at radius 1 is 1.30 bits per heavy atom. The van der Waals surface area contributed by atoms with Crippen LogP contribution in [0.5, 0.6) is 11.5 Å². The second-order valence-electron chi connectivity index (χ2n) is 6.88. The number of ether oxygens (including phenoxy) is 2. The predicted molar refractivity (Wildman–Crippen MR) is 101 cm³/mol. The van der Waals surface area contributed by atoms with Gasteiger partial charge in [-0.2, -0.15) is 0 Å². The summed E-state index contributed by atoms with van der Waals surface area (Å²) >= 11 is 0. The van der Waals surface area contributed by atoms with Gasteiger partial charge in [0.25, 0.3) is 11.5 Å². The Morgan fingerprint density at radius 3 is 2.70 bits per heavy atom. The standard InChI is InChI=1S/C20H25N3O4/c1-14-10-16(4-7-21-14)27-13-15-5-8-23(9-6-15)20(25)17-12-22(2)19(24)11-18(17)26-3/h4,7,10-12,15H,5-6,8-9,13H2,1-3H3. The minimum Gasteiger partial charge on any atom is -0.496 e. The van der Waals surface area contributed by atoms with Crippen molar-refractivity contribution in [3.8, 4) is 11.5 Å². The number of piperidine rings is 1. The fourth-order valence-corrected chi connectivity index (χ4v) is 3.24. The van der Waals surface area contributed by atoms with Crippen molar-refractivity contribution >= 4 is 5.91 Å². The molecule has 7 heteroatoms. The Labute approximate surface area is 158 Å². The highest BCUT2D eigenvalue weighted by Crippen LogP contribution is 2.23.